The molecule has 0 radical (unpaired) electrons. The minimum Gasteiger partial charge on any atom is -0.394 e. The summed E-state index contributed by atoms with van der Waals surface area (Å²) in [7, 11) is 0. The van der Waals surface area contributed by atoms with Crippen molar-refractivity contribution in [3.63, 3.8) is 0 Å². The van der Waals surface area contributed by atoms with E-state index in [2.05, 4.69) is 22.9 Å². The van der Waals surface area contributed by atoms with Crippen molar-refractivity contribution in [1.82, 2.24) is 4.98 Å². The molecule has 1 aromatic heterocycles. The highest BCUT2D eigenvalue weighted by Gasteiger charge is 2.20. The van der Waals surface area contributed by atoms with E-state index < -0.39 is 0 Å². The Bertz CT molecular complexity index is 349. The van der Waals surface area contributed by atoms with E-state index in [9.17, 15) is 0 Å². The summed E-state index contributed by atoms with van der Waals surface area (Å²) in [5.74, 6) is 1.06. The van der Waals surface area contributed by atoms with E-state index in [0.717, 1.165) is 31.7 Å². The standard InChI is InChI=1S/C13H20N2O2/c1-11-2-5-14-13(10-11)15-6-3-12(4-7-15)17-9-8-16/h2,5,10,12,16H,3-4,6-9H2,1H3. The highest BCUT2D eigenvalue weighted by Crippen LogP contribution is 2.19. The van der Waals surface area contributed by atoms with Gasteiger partial charge in [0, 0.05) is 19.3 Å². The van der Waals surface area contributed by atoms with Gasteiger partial charge in [-0.05, 0) is 37.5 Å². The minimum atomic E-state index is 0.111. The van der Waals surface area contributed by atoms with Gasteiger partial charge in [0.1, 0.15) is 5.82 Å². The quantitative estimate of drug-likeness (QED) is 0.857. The van der Waals surface area contributed by atoms with Crippen LogP contribution < -0.4 is 4.90 Å². The van der Waals surface area contributed by atoms with Gasteiger partial charge in [0.05, 0.1) is 19.3 Å². The third kappa shape index (κ3) is 3.41. The maximum atomic E-state index is 8.71. The number of aliphatic hydroxyl groups is 1. The lowest BCUT2D eigenvalue weighted by atomic mass is 10.1. The van der Waals surface area contributed by atoms with Gasteiger partial charge in [0.25, 0.3) is 0 Å². The van der Waals surface area contributed by atoms with Crippen LogP contribution in [0, 0.1) is 6.92 Å². The number of hydrogen-bond acceptors (Lipinski definition) is 4. The van der Waals surface area contributed by atoms with Crippen LogP contribution in [0.15, 0.2) is 18.3 Å². The molecule has 2 rings (SSSR count). The molecule has 1 aromatic rings. The lowest BCUT2D eigenvalue weighted by molar-refractivity contribution is 0.0158. The molecule has 0 unspecified atom stereocenters. The van der Waals surface area contributed by atoms with Crippen molar-refractivity contribution >= 4 is 5.82 Å². The average molecular weight is 236 g/mol. The zero-order valence-electron chi connectivity index (χ0n) is 10.3. The van der Waals surface area contributed by atoms with Crippen molar-refractivity contribution in [3.8, 4) is 0 Å². The molecule has 1 aliphatic rings. The Kier molecular flexibility index (Phi) is 4.34. The summed E-state index contributed by atoms with van der Waals surface area (Å²) in [6.07, 6.45) is 4.17. The van der Waals surface area contributed by atoms with Crippen molar-refractivity contribution < 1.29 is 9.84 Å². The maximum Gasteiger partial charge on any atom is 0.128 e. The first-order valence-corrected chi connectivity index (χ1v) is 6.19. The molecule has 0 aromatic carbocycles. The number of ether oxygens (including phenoxy) is 1. The number of aryl methyl sites for hydroxylation is 1. The molecule has 94 valence electrons. The first kappa shape index (κ1) is 12.3. The lowest BCUT2D eigenvalue weighted by Gasteiger charge is -2.32. The molecular formula is C13H20N2O2. The van der Waals surface area contributed by atoms with Crippen molar-refractivity contribution in [3.05, 3.63) is 23.9 Å². The molecule has 0 aliphatic carbocycles. The van der Waals surface area contributed by atoms with Gasteiger partial charge in [0.2, 0.25) is 0 Å². The van der Waals surface area contributed by atoms with Gasteiger partial charge in [0.15, 0.2) is 0 Å². The lowest BCUT2D eigenvalue weighted by Crippen LogP contribution is -2.37. The molecule has 0 amide bonds. The first-order chi connectivity index (χ1) is 8.29. The first-order valence-electron chi connectivity index (χ1n) is 6.19. The van der Waals surface area contributed by atoms with Gasteiger partial charge in [-0.25, -0.2) is 4.98 Å². The molecule has 0 spiro atoms. The SMILES string of the molecule is Cc1ccnc(N2CCC(OCCO)CC2)c1. The van der Waals surface area contributed by atoms with Crippen molar-refractivity contribution in [2.45, 2.75) is 25.9 Å². The fraction of sp³-hybridized carbons (Fsp3) is 0.615. The highest BCUT2D eigenvalue weighted by molar-refractivity contribution is 5.40. The molecule has 1 fully saturated rings. The molecule has 1 saturated heterocycles. The van der Waals surface area contributed by atoms with Crippen molar-refractivity contribution in [2.24, 2.45) is 0 Å². The molecular weight excluding hydrogens is 216 g/mol. The van der Waals surface area contributed by atoms with Gasteiger partial charge in [-0.2, -0.15) is 0 Å². The summed E-state index contributed by atoms with van der Waals surface area (Å²) in [6.45, 7) is 4.61. The second-order valence-corrected chi connectivity index (χ2v) is 4.47. The largest absolute Gasteiger partial charge is 0.394 e. The van der Waals surface area contributed by atoms with Crippen molar-refractivity contribution in [2.75, 3.05) is 31.2 Å². The Morgan fingerprint density at radius 3 is 2.88 bits per heavy atom. The number of aliphatic hydroxyl groups excluding tert-OH is 1. The summed E-state index contributed by atoms with van der Waals surface area (Å²) < 4.78 is 5.54. The minimum absolute atomic E-state index is 0.111. The molecule has 4 heteroatoms. The van der Waals surface area contributed by atoms with Crippen LogP contribution in [0.2, 0.25) is 0 Å². The van der Waals surface area contributed by atoms with Crippen LogP contribution in [0.4, 0.5) is 5.82 Å². The number of pyridine rings is 1. The maximum absolute atomic E-state index is 8.71. The summed E-state index contributed by atoms with van der Waals surface area (Å²) in [5, 5.41) is 8.71. The number of piperidine rings is 1. The third-order valence-electron chi connectivity index (χ3n) is 3.11. The third-order valence-corrected chi connectivity index (χ3v) is 3.11. The van der Waals surface area contributed by atoms with E-state index in [1.165, 1.54) is 5.56 Å². The summed E-state index contributed by atoms with van der Waals surface area (Å²) >= 11 is 0. The van der Waals surface area contributed by atoms with Gasteiger partial charge in [-0.1, -0.05) is 0 Å². The highest BCUT2D eigenvalue weighted by atomic mass is 16.5. The van der Waals surface area contributed by atoms with E-state index in [1.807, 2.05) is 12.3 Å². The monoisotopic (exact) mass is 236 g/mol. The Hall–Kier alpha value is -1.13. The van der Waals surface area contributed by atoms with Gasteiger partial charge < -0.3 is 14.7 Å². The number of aromatic nitrogens is 1. The topological polar surface area (TPSA) is 45.6 Å². The summed E-state index contributed by atoms with van der Waals surface area (Å²) in [4.78, 5) is 6.69. The molecule has 1 N–H and O–H groups in total. The zero-order chi connectivity index (χ0) is 12.1. The number of anilines is 1. The van der Waals surface area contributed by atoms with E-state index in [1.54, 1.807) is 0 Å². The zero-order valence-corrected chi connectivity index (χ0v) is 10.3. The average Bonchev–Trinajstić information content (AvgIpc) is 2.37. The van der Waals surface area contributed by atoms with Crippen LogP contribution >= 0.6 is 0 Å². The summed E-state index contributed by atoms with van der Waals surface area (Å²) in [6, 6.07) is 4.13. The van der Waals surface area contributed by atoms with Gasteiger partial charge in [-0.15, -0.1) is 0 Å². The Labute approximate surface area is 102 Å². The predicted octanol–water partition coefficient (Wildman–Crippen LogP) is 1.37. The second-order valence-electron chi connectivity index (χ2n) is 4.47. The number of hydrogen-bond donors (Lipinski definition) is 1. The molecule has 0 saturated carbocycles. The van der Waals surface area contributed by atoms with Crippen LogP contribution in [0.5, 0.6) is 0 Å². The second kappa shape index (κ2) is 5.98. The number of rotatable bonds is 4. The van der Waals surface area contributed by atoms with Crippen LogP contribution in [0.25, 0.3) is 0 Å². The van der Waals surface area contributed by atoms with Gasteiger partial charge >= 0.3 is 0 Å². The smallest absolute Gasteiger partial charge is 0.128 e. The van der Waals surface area contributed by atoms with E-state index in [-0.39, 0.29) is 6.61 Å². The van der Waals surface area contributed by atoms with Gasteiger partial charge in [-0.3, -0.25) is 0 Å². The van der Waals surface area contributed by atoms with Crippen LogP contribution in [0.1, 0.15) is 18.4 Å². The normalized spacial score (nSPS) is 17.4. The van der Waals surface area contributed by atoms with E-state index in [4.69, 9.17) is 9.84 Å². The van der Waals surface area contributed by atoms with Crippen molar-refractivity contribution in [1.29, 1.82) is 0 Å². The molecule has 2 heterocycles. The fourth-order valence-corrected chi connectivity index (χ4v) is 2.16. The number of nitrogens with zero attached hydrogens (tertiary/aromatic N) is 2. The van der Waals surface area contributed by atoms with Crippen LogP contribution in [-0.4, -0.2) is 42.5 Å². The molecule has 17 heavy (non-hydrogen) atoms. The molecule has 1 aliphatic heterocycles. The van der Waals surface area contributed by atoms with E-state index >= 15 is 0 Å². The predicted molar refractivity (Wildman–Crippen MR) is 67.2 cm³/mol. The fourth-order valence-electron chi connectivity index (χ4n) is 2.16. The van der Waals surface area contributed by atoms with E-state index in [0.29, 0.717) is 12.7 Å². The Morgan fingerprint density at radius 2 is 2.24 bits per heavy atom. The summed E-state index contributed by atoms with van der Waals surface area (Å²) in [5.41, 5.74) is 1.24. The molecule has 0 bridgehead atoms. The van der Waals surface area contributed by atoms with Crippen LogP contribution in [0.3, 0.4) is 0 Å². The Balaban J connectivity index is 1.86. The Morgan fingerprint density at radius 1 is 1.47 bits per heavy atom. The molecule has 4 nitrogen and oxygen atoms in total. The molecule has 0 atom stereocenters. The van der Waals surface area contributed by atoms with Crippen LogP contribution in [-0.2, 0) is 4.74 Å².